The molecule has 0 aliphatic carbocycles. The van der Waals surface area contributed by atoms with Gasteiger partial charge >= 0.3 is 0 Å². The van der Waals surface area contributed by atoms with Crippen LogP contribution in [0.3, 0.4) is 0 Å². The smallest absolute Gasteiger partial charge is 0.117 e. The highest BCUT2D eigenvalue weighted by Crippen LogP contribution is 2.19. The first-order valence-corrected chi connectivity index (χ1v) is 5.47. The lowest BCUT2D eigenvalue weighted by Gasteiger charge is -2.00. The quantitative estimate of drug-likeness (QED) is 0.905. The Kier molecular flexibility index (Phi) is 5.12. The van der Waals surface area contributed by atoms with Crippen molar-refractivity contribution in [2.24, 2.45) is 7.05 Å². The van der Waals surface area contributed by atoms with Crippen molar-refractivity contribution >= 4 is 12.4 Å². The molecule has 4 nitrogen and oxygen atoms in total. The lowest BCUT2D eigenvalue weighted by Crippen LogP contribution is -2.13. The van der Waals surface area contributed by atoms with Gasteiger partial charge in [0.2, 0.25) is 0 Å². The summed E-state index contributed by atoms with van der Waals surface area (Å²) in [5, 5.41) is 12.0. The summed E-state index contributed by atoms with van der Waals surface area (Å²) in [6, 6.07) is 10.1. The molecule has 0 atom stereocenters. The Bertz CT molecular complexity index is 453. The third-order valence-corrected chi connectivity index (χ3v) is 2.37. The summed E-state index contributed by atoms with van der Waals surface area (Å²) in [6.07, 6.45) is 0. The second kappa shape index (κ2) is 6.37. The molecule has 0 saturated carbocycles. The molecule has 2 aromatic rings. The highest BCUT2D eigenvalue weighted by molar-refractivity contribution is 5.85. The SMILES string of the molecule is CCNCc1nn(C)nc1-c1ccccc1.Cl. The molecule has 1 aromatic heterocycles. The Hall–Kier alpha value is -1.39. The molecule has 0 fully saturated rings. The number of nitrogens with zero attached hydrogens (tertiary/aromatic N) is 3. The van der Waals surface area contributed by atoms with Crippen LogP contribution >= 0.6 is 12.4 Å². The minimum absolute atomic E-state index is 0. The number of halogens is 1. The predicted octanol–water partition coefficient (Wildman–Crippen LogP) is 2.01. The van der Waals surface area contributed by atoms with Crippen molar-refractivity contribution < 1.29 is 0 Å². The monoisotopic (exact) mass is 252 g/mol. The van der Waals surface area contributed by atoms with Gasteiger partial charge in [-0.05, 0) is 6.54 Å². The maximum atomic E-state index is 4.40. The maximum absolute atomic E-state index is 4.40. The van der Waals surface area contributed by atoms with Gasteiger partial charge < -0.3 is 5.32 Å². The fourth-order valence-corrected chi connectivity index (χ4v) is 1.63. The third kappa shape index (κ3) is 3.28. The molecule has 0 bridgehead atoms. The standard InChI is InChI=1S/C12H16N4.ClH/c1-3-13-9-11-12(15-16(2)14-11)10-7-5-4-6-8-10;/h4-8,13H,3,9H2,1-2H3;1H. The van der Waals surface area contributed by atoms with Gasteiger partial charge in [0.05, 0.1) is 0 Å². The second-order valence-corrected chi connectivity index (χ2v) is 3.63. The molecule has 0 saturated heterocycles. The molecule has 92 valence electrons. The number of nitrogens with one attached hydrogen (secondary N) is 1. The summed E-state index contributed by atoms with van der Waals surface area (Å²) in [4.78, 5) is 1.62. The number of hydrogen-bond donors (Lipinski definition) is 1. The van der Waals surface area contributed by atoms with Crippen LogP contribution in [0.2, 0.25) is 0 Å². The first-order valence-electron chi connectivity index (χ1n) is 5.47. The second-order valence-electron chi connectivity index (χ2n) is 3.63. The van der Waals surface area contributed by atoms with Crippen molar-refractivity contribution in [3.05, 3.63) is 36.0 Å². The molecule has 0 aliphatic heterocycles. The normalized spacial score (nSPS) is 10.0. The number of hydrogen-bond acceptors (Lipinski definition) is 3. The van der Waals surface area contributed by atoms with E-state index in [1.807, 2.05) is 25.2 Å². The summed E-state index contributed by atoms with van der Waals surface area (Å²) in [6.45, 7) is 3.78. The van der Waals surface area contributed by atoms with E-state index in [0.29, 0.717) is 0 Å². The fourth-order valence-electron chi connectivity index (χ4n) is 1.63. The largest absolute Gasteiger partial charge is 0.311 e. The van der Waals surface area contributed by atoms with E-state index >= 15 is 0 Å². The molecular formula is C12H17ClN4. The Balaban J connectivity index is 0.00000144. The number of rotatable bonds is 4. The summed E-state index contributed by atoms with van der Waals surface area (Å²) >= 11 is 0. The Labute approximate surface area is 107 Å². The van der Waals surface area contributed by atoms with Gasteiger partial charge in [-0.15, -0.1) is 12.4 Å². The van der Waals surface area contributed by atoms with Crippen LogP contribution in [-0.2, 0) is 13.6 Å². The van der Waals surface area contributed by atoms with Crippen molar-refractivity contribution in [3.8, 4) is 11.3 Å². The van der Waals surface area contributed by atoms with Gasteiger partial charge in [0.15, 0.2) is 0 Å². The zero-order chi connectivity index (χ0) is 11.4. The fraction of sp³-hybridized carbons (Fsp3) is 0.333. The van der Waals surface area contributed by atoms with Crippen LogP contribution in [0.5, 0.6) is 0 Å². The van der Waals surface area contributed by atoms with Gasteiger partial charge in [-0.2, -0.15) is 15.0 Å². The summed E-state index contributed by atoms with van der Waals surface area (Å²) in [7, 11) is 1.85. The van der Waals surface area contributed by atoms with E-state index in [-0.39, 0.29) is 12.4 Å². The van der Waals surface area contributed by atoms with E-state index in [1.54, 1.807) is 4.80 Å². The molecule has 2 rings (SSSR count). The van der Waals surface area contributed by atoms with Gasteiger partial charge in [-0.3, -0.25) is 0 Å². The zero-order valence-electron chi connectivity index (χ0n) is 10.1. The van der Waals surface area contributed by atoms with Crippen LogP contribution in [0.15, 0.2) is 30.3 Å². The average molecular weight is 253 g/mol. The van der Waals surface area contributed by atoms with Crippen LogP contribution in [-0.4, -0.2) is 21.5 Å². The van der Waals surface area contributed by atoms with Crippen LogP contribution in [0.25, 0.3) is 11.3 Å². The molecule has 17 heavy (non-hydrogen) atoms. The van der Waals surface area contributed by atoms with Crippen LogP contribution in [0.4, 0.5) is 0 Å². The topological polar surface area (TPSA) is 42.7 Å². The van der Waals surface area contributed by atoms with Crippen LogP contribution in [0, 0.1) is 0 Å². The molecule has 0 radical (unpaired) electrons. The van der Waals surface area contributed by atoms with E-state index in [4.69, 9.17) is 0 Å². The van der Waals surface area contributed by atoms with Crippen molar-refractivity contribution in [3.63, 3.8) is 0 Å². The van der Waals surface area contributed by atoms with Crippen molar-refractivity contribution in [1.82, 2.24) is 20.3 Å². The van der Waals surface area contributed by atoms with E-state index in [1.165, 1.54) is 0 Å². The van der Waals surface area contributed by atoms with Gasteiger partial charge in [0, 0.05) is 19.2 Å². The first kappa shape index (κ1) is 13.7. The van der Waals surface area contributed by atoms with Gasteiger partial charge in [-0.25, -0.2) is 0 Å². The summed E-state index contributed by atoms with van der Waals surface area (Å²) < 4.78 is 0. The van der Waals surface area contributed by atoms with Gasteiger partial charge in [0.25, 0.3) is 0 Å². The maximum Gasteiger partial charge on any atom is 0.117 e. The molecule has 0 unspecified atom stereocenters. The molecule has 5 heteroatoms. The van der Waals surface area contributed by atoms with Crippen LogP contribution in [0.1, 0.15) is 12.6 Å². The molecule has 1 aromatic carbocycles. The van der Waals surface area contributed by atoms with Crippen molar-refractivity contribution in [1.29, 1.82) is 0 Å². The number of benzene rings is 1. The third-order valence-electron chi connectivity index (χ3n) is 2.37. The minimum atomic E-state index is 0. The first-order chi connectivity index (χ1) is 7.81. The molecule has 1 N–H and O–H groups in total. The van der Waals surface area contributed by atoms with E-state index in [9.17, 15) is 0 Å². The predicted molar refractivity (Wildman–Crippen MR) is 71.1 cm³/mol. The highest BCUT2D eigenvalue weighted by Gasteiger charge is 2.10. The van der Waals surface area contributed by atoms with Gasteiger partial charge in [-0.1, -0.05) is 37.3 Å². The number of aromatic nitrogens is 3. The molecule has 0 aliphatic rings. The Morgan fingerprint density at radius 3 is 2.53 bits per heavy atom. The van der Waals surface area contributed by atoms with E-state index in [2.05, 4.69) is 34.6 Å². The Morgan fingerprint density at radius 1 is 1.18 bits per heavy atom. The molecule has 0 amide bonds. The lowest BCUT2D eigenvalue weighted by atomic mass is 10.1. The molecule has 1 heterocycles. The van der Waals surface area contributed by atoms with Crippen LogP contribution < -0.4 is 5.32 Å². The molecule has 0 spiro atoms. The Morgan fingerprint density at radius 2 is 1.88 bits per heavy atom. The zero-order valence-corrected chi connectivity index (χ0v) is 10.9. The summed E-state index contributed by atoms with van der Waals surface area (Å²) in [5.74, 6) is 0. The average Bonchev–Trinajstić information content (AvgIpc) is 2.69. The van der Waals surface area contributed by atoms with E-state index < -0.39 is 0 Å². The highest BCUT2D eigenvalue weighted by atomic mass is 35.5. The molecular weight excluding hydrogens is 236 g/mol. The van der Waals surface area contributed by atoms with Crippen molar-refractivity contribution in [2.75, 3.05) is 6.54 Å². The minimum Gasteiger partial charge on any atom is -0.311 e. The van der Waals surface area contributed by atoms with Crippen molar-refractivity contribution in [2.45, 2.75) is 13.5 Å². The van der Waals surface area contributed by atoms with E-state index in [0.717, 1.165) is 30.0 Å². The van der Waals surface area contributed by atoms with Gasteiger partial charge in [0.1, 0.15) is 11.4 Å². The lowest BCUT2D eigenvalue weighted by molar-refractivity contribution is 0.630. The summed E-state index contributed by atoms with van der Waals surface area (Å²) in [5.41, 5.74) is 3.07. The number of aryl methyl sites for hydroxylation is 1.